The van der Waals surface area contributed by atoms with E-state index >= 15 is 0 Å². The number of piperazine rings is 1. The highest BCUT2D eigenvalue weighted by molar-refractivity contribution is 5.54. The van der Waals surface area contributed by atoms with E-state index in [4.69, 9.17) is 4.74 Å². The summed E-state index contributed by atoms with van der Waals surface area (Å²) >= 11 is 0. The topological polar surface area (TPSA) is 75.8 Å². The van der Waals surface area contributed by atoms with Crippen molar-refractivity contribution >= 4 is 11.4 Å². The molecule has 3 aromatic rings. The molecular weight excluding hydrogens is 418 g/mol. The average Bonchev–Trinajstić information content (AvgIpc) is 3.21. The molecule has 4 rings (SSSR count). The van der Waals surface area contributed by atoms with E-state index in [0.29, 0.717) is 13.0 Å². The van der Waals surface area contributed by atoms with Gasteiger partial charge in [0.05, 0.1) is 24.4 Å². The second-order valence-electron chi connectivity index (χ2n) is 8.36. The summed E-state index contributed by atoms with van der Waals surface area (Å²) in [6.07, 6.45) is 1.52. The van der Waals surface area contributed by atoms with Crippen LogP contribution in [0, 0.1) is 0 Å². The molecule has 1 aliphatic rings. The van der Waals surface area contributed by atoms with Crippen LogP contribution in [0.25, 0.3) is 5.69 Å². The van der Waals surface area contributed by atoms with Crippen molar-refractivity contribution < 1.29 is 9.84 Å². The normalized spacial score (nSPS) is 16.0. The van der Waals surface area contributed by atoms with Crippen LogP contribution < -0.4 is 20.2 Å². The summed E-state index contributed by atoms with van der Waals surface area (Å²) in [6.45, 7) is 10.0. The predicted octanol–water partition coefficient (Wildman–Crippen LogP) is 3.09. The second-order valence-corrected chi connectivity index (χ2v) is 8.36. The Bertz CT molecular complexity index is 1080. The van der Waals surface area contributed by atoms with Gasteiger partial charge in [0.25, 0.3) is 0 Å². The van der Waals surface area contributed by atoms with Gasteiger partial charge in [0.15, 0.2) is 0 Å². The van der Waals surface area contributed by atoms with Crippen LogP contribution in [0.3, 0.4) is 0 Å². The number of rotatable bonds is 8. The molecule has 176 valence electrons. The fourth-order valence-electron chi connectivity index (χ4n) is 4.41. The Kier molecular flexibility index (Phi) is 7.03. The van der Waals surface area contributed by atoms with Gasteiger partial charge in [0.1, 0.15) is 12.1 Å². The van der Waals surface area contributed by atoms with Gasteiger partial charge in [-0.3, -0.25) is 0 Å². The predicted molar refractivity (Wildman–Crippen MR) is 131 cm³/mol. The third-order valence-corrected chi connectivity index (χ3v) is 6.27. The van der Waals surface area contributed by atoms with Crippen LogP contribution in [-0.4, -0.2) is 58.3 Å². The Balaban J connectivity index is 1.40. The van der Waals surface area contributed by atoms with Crippen LogP contribution in [0.5, 0.6) is 5.75 Å². The average molecular weight is 452 g/mol. The SMILES string of the molecule is CCOc1ccc(N2CCN(c3ccc(-n4cnn(C(CC)[C@H](C)O)c4=O)cc3)CC2)cc1. The summed E-state index contributed by atoms with van der Waals surface area (Å²) < 4.78 is 8.44. The van der Waals surface area contributed by atoms with Crippen LogP contribution in [0.4, 0.5) is 11.4 Å². The number of anilines is 2. The fraction of sp³-hybridized carbons (Fsp3) is 0.440. The van der Waals surface area contributed by atoms with Crippen LogP contribution in [0.1, 0.15) is 33.2 Å². The molecule has 1 aromatic heterocycles. The third kappa shape index (κ3) is 4.90. The third-order valence-electron chi connectivity index (χ3n) is 6.27. The van der Waals surface area contributed by atoms with Gasteiger partial charge < -0.3 is 19.6 Å². The summed E-state index contributed by atoms with van der Waals surface area (Å²) in [5.74, 6) is 0.903. The van der Waals surface area contributed by atoms with Crippen molar-refractivity contribution in [1.82, 2.24) is 14.3 Å². The highest BCUT2D eigenvalue weighted by Crippen LogP contribution is 2.24. The van der Waals surface area contributed by atoms with Crippen molar-refractivity contribution in [3.05, 3.63) is 65.3 Å². The number of benzene rings is 2. The second kappa shape index (κ2) is 10.1. The van der Waals surface area contributed by atoms with Crippen molar-refractivity contribution in [1.29, 1.82) is 0 Å². The van der Waals surface area contributed by atoms with E-state index in [1.165, 1.54) is 21.3 Å². The van der Waals surface area contributed by atoms with Gasteiger partial charge in [0.2, 0.25) is 0 Å². The Morgan fingerprint density at radius 2 is 1.42 bits per heavy atom. The molecule has 1 aliphatic heterocycles. The molecule has 0 radical (unpaired) electrons. The fourth-order valence-corrected chi connectivity index (χ4v) is 4.41. The van der Waals surface area contributed by atoms with Crippen molar-refractivity contribution in [3.8, 4) is 11.4 Å². The largest absolute Gasteiger partial charge is 0.494 e. The maximum absolute atomic E-state index is 12.8. The molecular formula is C25H33N5O3. The first-order chi connectivity index (χ1) is 16.0. The number of aliphatic hydroxyl groups is 1. The number of hydrogen-bond donors (Lipinski definition) is 1. The van der Waals surface area contributed by atoms with Gasteiger partial charge in [-0.15, -0.1) is 0 Å². The Labute approximate surface area is 194 Å². The number of aliphatic hydroxyl groups excluding tert-OH is 1. The van der Waals surface area contributed by atoms with Crippen LogP contribution >= 0.6 is 0 Å². The maximum Gasteiger partial charge on any atom is 0.350 e. The monoisotopic (exact) mass is 451 g/mol. The summed E-state index contributed by atoms with van der Waals surface area (Å²) in [7, 11) is 0. The molecule has 1 unspecified atom stereocenters. The molecule has 1 fully saturated rings. The molecule has 0 spiro atoms. The quantitative estimate of drug-likeness (QED) is 0.567. The van der Waals surface area contributed by atoms with E-state index in [1.54, 1.807) is 6.92 Å². The van der Waals surface area contributed by atoms with Gasteiger partial charge >= 0.3 is 5.69 Å². The molecule has 8 nitrogen and oxygen atoms in total. The van der Waals surface area contributed by atoms with E-state index in [1.807, 2.05) is 38.1 Å². The Hall–Kier alpha value is -3.26. The van der Waals surface area contributed by atoms with Gasteiger partial charge in [0, 0.05) is 37.6 Å². The molecule has 1 N–H and O–H groups in total. The zero-order valence-corrected chi connectivity index (χ0v) is 19.6. The Morgan fingerprint density at radius 3 is 1.91 bits per heavy atom. The highest BCUT2D eigenvalue weighted by Gasteiger charge is 2.21. The zero-order chi connectivity index (χ0) is 23.4. The highest BCUT2D eigenvalue weighted by atomic mass is 16.5. The number of aromatic nitrogens is 3. The van der Waals surface area contributed by atoms with Crippen molar-refractivity contribution in [2.24, 2.45) is 0 Å². The van der Waals surface area contributed by atoms with E-state index in [-0.39, 0.29) is 11.7 Å². The Morgan fingerprint density at radius 1 is 0.909 bits per heavy atom. The molecule has 8 heteroatoms. The molecule has 0 aliphatic carbocycles. The number of hydrogen-bond acceptors (Lipinski definition) is 6. The van der Waals surface area contributed by atoms with E-state index < -0.39 is 6.10 Å². The lowest BCUT2D eigenvalue weighted by molar-refractivity contribution is 0.118. The van der Waals surface area contributed by atoms with Gasteiger partial charge in [-0.25, -0.2) is 14.0 Å². The first-order valence-corrected chi connectivity index (χ1v) is 11.7. The lowest BCUT2D eigenvalue weighted by atomic mass is 10.1. The van der Waals surface area contributed by atoms with Gasteiger partial charge in [-0.2, -0.15) is 5.10 Å². The van der Waals surface area contributed by atoms with Crippen LogP contribution in [0.15, 0.2) is 59.7 Å². The standard InChI is InChI=1S/C25H33N5O3/c1-4-24(19(3)31)30-25(32)29(18-26-30)22-8-6-20(7-9-22)27-14-16-28(17-15-27)21-10-12-23(13-11-21)33-5-2/h6-13,18-19,24,31H,4-5,14-17H2,1-3H3/t19-,24?/m0/s1. The lowest BCUT2D eigenvalue weighted by Crippen LogP contribution is -2.46. The van der Waals surface area contributed by atoms with E-state index in [9.17, 15) is 9.90 Å². The van der Waals surface area contributed by atoms with Gasteiger partial charge in [-0.05, 0) is 68.8 Å². The first-order valence-electron chi connectivity index (χ1n) is 11.7. The summed E-state index contributed by atoms with van der Waals surface area (Å²) in [5, 5.41) is 14.2. The number of nitrogens with zero attached hydrogens (tertiary/aromatic N) is 5. The summed E-state index contributed by atoms with van der Waals surface area (Å²) in [5.41, 5.74) is 2.89. The van der Waals surface area contributed by atoms with E-state index in [0.717, 1.165) is 43.3 Å². The molecule has 0 saturated carbocycles. The van der Waals surface area contributed by atoms with Crippen molar-refractivity contribution in [2.45, 2.75) is 39.3 Å². The summed E-state index contributed by atoms with van der Waals surface area (Å²) in [6, 6.07) is 16.0. The molecule has 1 saturated heterocycles. The lowest BCUT2D eigenvalue weighted by Gasteiger charge is -2.37. The maximum atomic E-state index is 12.8. The molecule has 2 aromatic carbocycles. The van der Waals surface area contributed by atoms with Crippen LogP contribution in [-0.2, 0) is 0 Å². The van der Waals surface area contributed by atoms with Crippen molar-refractivity contribution in [2.75, 3.05) is 42.6 Å². The van der Waals surface area contributed by atoms with Crippen LogP contribution in [0.2, 0.25) is 0 Å². The molecule has 2 heterocycles. The minimum atomic E-state index is -0.639. The minimum absolute atomic E-state index is 0.237. The molecule has 2 atom stereocenters. The number of ether oxygens (including phenoxy) is 1. The van der Waals surface area contributed by atoms with Crippen molar-refractivity contribution in [3.63, 3.8) is 0 Å². The summed E-state index contributed by atoms with van der Waals surface area (Å²) in [4.78, 5) is 17.6. The minimum Gasteiger partial charge on any atom is -0.494 e. The molecule has 0 bridgehead atoms. The first kappa shape index (κ1) is 22.9. The molecule has 0 amide bonds. The van der Waals surface area contributed by atoms with Gasteiger partial charge in [-0.1, -0.05) is 6.92 Å². The molecule has 33 heavy (non-hydrogen) atoms. The van der Waals surface area contributed by atoms with E-state index in [2.05, 4.69) is 39.2 Å². The zero-order valence-electron chi connectivity index (χ0n) is 19.6. The smallest absolute Gasteiger partial charge is 0.350 e.